The van der Waals surface area contributed by atoms with E-state index in [9.17, 15) is 32.9 Å². The van der Waals surface area contributed by atoms with E-state index >= 15 is 0 Å². The molecule has 0 saturated carbocycles. The zero-order valence-corrected chi connectivity index (χ0v) is 22.9. The predicted octanol–water partition coefficient (Wildman–Crippen LogP) is 2.60. The monoisotopic (exact) mass is 561 g/mol. The van der Waals surface area contributed by atoms with Crippen LogP contribution in [0.4, 0.5) is 5.69 Å². The summed E-state index contributed by atoms with van der Waals surface area (Å²) in [6.45, 7) is 5.27. The summed E-state index contributed by atoms with van der Waals surface area (Å²) >= 11 is 0. The van der Waals surface area contributed by atoms with Gasteiger partial charge < -0.3 is 14.8 Å². The molecule has 2 aromatic rings. The van der Waals surface area contributed by atoms with Crippen LogP contribution in [-0.4, -0.2) is 61.2 Å². The highest BCUT2D eigenvalue weighted by atomic mass is 32.2. The molecule has 0 bridgehead atoms. The van der Waals surface area contributed by atoms with E-state index in [0.29, 0.717) is 17.7 Å². The molecule has 1 N–H and O–H groups in total. The number of carbonyl (C=O) groups excluding carboxylic acids is 3. The fourth-order valence-corrected chi connectivity index (χ4v) is 5.61. The van der Waals surface area contributed by atoms with Crippen molar-refractivity contribution in [2.75, 3.05) is 13.7 Å². The highest BCUT2D eigenvalue weighted by molar-refractivity contribution is 7.89. The van der Waals surface area contributed by atoms with Gasteiger partial charge in [0.05, 0.1) is 22.3 Å². The van der Waals surface area contributed by atoms with Crippen LogP contribution >= 0.6 is 0 Å². The second-order valence-corrected chi connectivity index (χ2v) is 12.0. The molecule has 0 aliphatic carbocycles. The molecule has 1 amide bonds. The van der Waals surface area contributed by atoms with Crippen LogP contribution in [0.2, 0.25) is 0 Å². The van der Waals surface area contributed by atoms with Gasteiger partial charge in [0.25, 0.3) is 5.69 Å². The second kappa shape index (κ2) is 11.9. The molecule has 1 aliphatic heterocycles. The van der Waals surface area contributed by atoms with Crippen molar-refractivity contribution in [2.24, 2.45) is 5.41 Å². The van der Waals surface area contributed by atoms with E-state index in [4.69, 9.17) is 9.47 Å². The highest BCUT2D eigenvalue weighted by Gasteiger charge is 2.40. The molecule has 1 saturated heterocycles. The number of nitro benzene ring substituents is 1. The van der Waals surface area contributed by atoms with Crippen molar-refractivity contribution in [3.63, 3.8) is 0 Å². The lowest BCUT2D eigenvalue weighted by Gasteiger charge is -2.25. The van der Waals surface area contributed by atoms with Crippen LogP contribution in [0.15, 0.2) is 53.4 Å². The van der Waals surface area contributed by atoms with Gasteiger partial charge in [0.1, 0.15) is 17.8 Å². The Balaban J connectivity index is 1.73. The van der Waals surface area contributed by atoms with Crippen molar-refractivity contribution in [1.29, 1.82) is 0 Å². The van der Waals surface area contributed by atoms with Gasteiger partial charge in [0.15, 0.2) is 0 Å². The molecule has 2 atom stereocenters. The Kier molecular flexibility index (Phi) is 9.07. The van der Waals surface area contributed by atoms with E-state index in [1.807, 2.05) is 0 Å². The number of nitro groups is 1. The normalized spacial score (nSPS) is 16.8. The first-order valence-corrected chi connectivity index (χ1v) is 13.6. The van der Waals surface area contributed by atoms with Crippen LogP contribution in [-0.2, 0) is 35.6 Å². The molecule has 13 heteroatoms. The molecule has 0 radical (unpaired) electrons. The number of esters is 2. The van der Waals surface area contributed by atoms with E-state index in [-0.39, 0.29) is 30.0 Å². The Bertz CT molecular complexity index is 1330. The van der Waals surface area contributed by atoms with Crippen molar-refractivity contribution in [2.45, 2.75) is 57.0 Å². The third-order valence-corrected chi connectivity index (χ3v) is 8.07. The Morgan fingerprint density at radius 2 is 1.72 bits per heavy atom. The molecule has 39 heavy (non-hydrogen) atoms. The minimum Gasteiger partial charge on any atom is -0.467 e. The number of non-ortho nitro benzene ring substituents is 1. The molecule has 1 aliphatic rings. The maximum atomic E-state index is 13.2. The molecule has 3 rings (SSSR count). The summed E-state index contributed by atoms with van der Waals surface area (Å²) in [6, 6.07) is 8.69. The largest absolute Gasteiger partial charge is 0.467 e. The number of hydrogen-bond acceptors (Lipinski definition) is 9. The van der Waals surface area contributed by atoms with Gasteiger partial charge in [-0.2, -0.15) is 4.31 Å². The molecule has 210 valence electrons. The molecular weight excluding hydrogens is 530 g/mol. The van der Waals surface area contributed by atoms with E-state index in [1.54, 1.807) is 45.0 Å². The summed E-state index contributed by atoms with van der Waals surface area (Å²) < 4.78 is 37.7. The first kappa shape index (κ1) is 29.7. The van der Waals surface area contributed by atoms with Gasteiger partial charge in [-0.15, -0.1) is 0 Å². The first-order chi connectivity index (χ1) is 18.2. The summed E-state index contributed by atoms with van der Waals surface area (Å²) in [5.41, 5.74) is -0.298. The van der Waals surface area contributed by atoms with Crippen LogP contribution < -0.4 is 10.1 Å². The van der Waals surface area contributed by atoms with Crippen molar-refractivity contribution >= 4 is 33.6 Å². The SMILES string of the molecule is COC(=O)[C@H](Cc1ccc(OC(=O)C(C)(C)C)cc1)NC(=O)[C@@H]1CCCN1S(=O)(=O)c1ccc([N+](=O)[O-])cc1. The zero-order chi connectivity index (χ0) is 29.0. The van der Waals surface area contributed by atoms with Crippen molar-refractivity contribution in [3.8, 4) is 5.75 Å². The lowest BCUT2D eigenvalue weighted by molar-refractivity contribution is -0.384. The predicted molar refractivity (Wildman–Crippen MR) is 139 cm³/mol. The van der Waals surface area contributed by atoms with Crippen LogP contribution in [0.3, 0.4) is 0 Å². The molecule has 0 unspecified atom stereocenters. The maximum Gasteiger partial charge on any atom is 0.328 e. The Morgan fingerprint density at radius 1 is 1.10 bits per heavy atom. The van der Waals surface area contributed by atoms with Crippen molar-refractivity contribution in [3.05, 3.63) is 64.2 Å². The third-order valence-electron chi connectivity index (χ3n) is 6.15. The number of benzene rings is 2. The molecule has 12 nitrogen and oxygen atoms in total. The van der Waals surface area contributed by atoms with E-state index in [0.717, 1.165) is 28.6 Å². The third kappa shape index (κ3) is 7.18. The number of ether oxygens (including phenoxy) is 2. The average Bonchev–Trinajstić information content (AvgIpc) is 3.39. The van der Waals surface area contributed by atoms with E-state index < -0.39 is 50.3 Å². The first-order valence-electron chi connectivity index (χ1n) is 12.2. The molecular formula is C26H31N3O9S. The van der Waals surface area contributed by atoms with Gasteiger partial charge in [-0.1, -0.05) is 12.1 Å². The van der Waals surface area contributed by atoms with Crippen LogP contribution in [0.25, 0.3) is 0 Å². The summed E-state index contributed by atoms with van der Waals surface area (Å²) in [5, 5.41) is 13.5. The summed E-state index contributed by atoms with van der Waals surface area (Å²) in [6.07, 6.45) is 0.704. The smallest absolute Gasteiger partial charge is 0.328 e. The lowest BCUT2D eigenvalue weighted by Crippen LogP contribution is -2.51. The molecule has 1 heterocycles. The molecule has 0 spiro atoms. The quantitative estimate of drug-likeness (QED) is 0.210. The van der Waals surface area contributed by atoms with E-state index in [1.165, 1.54) is 7.11 Å². The summed E-state index contributed by atoms with van der Waals surface area (Å²) in [5.74, 6) is -1.45. The standard InChI is InChI=1S/C26H31N3O9S/c1-26(2,3)25(32)38-19-11-7-17(8-12-19)16-21(24(31)37-4)27-23(30)22-6-5-15-28(22)39(35,36)20-13-9-18(10-14-20)29(33)34/h7-14,21-22H,5-6,15-16H2,1-4H3,(H,27,30)/t21-,22-/m0/s1. The Hall–Kier alpha value is -3.84. The number of carbonyl (C=O) groups is 3. The van der Waals surface area contributed by atoms with Crippen LogP contribution in [0.1, 0.15) is 39.2 Å². The zero-order valence-electron chi connectivity index (χ0n) is 22.1. The number of hydrogen-bond donors (Lipinski definition) is 1. The Labute approximate surface area is 226 Å². The second-order valence-electron chi connectivity index (χ2n) is 10.1. The van der Waals surface area contributed by atoms with E-state index in [2.05, 4.69) is 5.32 Å². The van der Waals surface area contributed by atoms with Gasteiger partial charge in [-0.3, -0.25) is 19.7 Å². The van der Waals surface area contributed by atoms with Gasteiger partial charge >= 0.3 is 11.9 Å². The maximum absolute atomic E-state index is 13.2. The average molecular weight is 562 g/mol. The summed E-state index contributed by atoms with van der Waals surface area (Å²) in [4.78, 5) is 47.9. The van der Waals surface area contributed by atoms with Gasteiger partial charge in [0, 0.05) is 25.1 Å². The molecule has 2 aromatic carbocycles. The molecule has 0 aromatic heterocycles. The van der Waals surface area contributed by atoms with Crippen LogP contribution in [0.5, 0.6) is 5.75 Å². The number of rotatable bonds is 9. The van der Waals surface area contributed by atoms with Crippen molar-refractivity contribution < 1.29 is 37.2 Å². The fourth-order valence-electron chi connectivity index (χ4n) is 3.96. The number of amides is 1. The van der Waals surface area contributed by atoms with Gasteiger partial charge in [0.2, 0.25) is 15.9 Å². The van der Waals surface area contributed by atoms with Gasteiger partial charge in [-0.05, 0) is 63.4 Å². The van der Waals surface area contributed by atoms with Gasteiger partial charge in [-0.25, -0.2) is 13.2 Å². The summed E-state index contributed by atoms with van der Waals surface area (Å²) in [7, 11) is -2.95. The highest BCUT2D eigenvalue weighted by Crippen LogP contribution is 2.28. The fraction of sp³-hybridized carbons (Fsp3) is 0.423. The number of nitrogens with zero attached hydrogens (tertiary/aromatic N) is 2. The number of sulfonamides is 1. The Morgan fingerprint density at radius 3 is 2.26 bits per heavy atom. The molecule has 1 fully saturated rings. The number of nitrogens with one attached hydrogen (secondary N) is 1. The van der Waals surface area contributed by atoms with Crippen molar-refractivity contribution in [1.82, 2.24) is 9.62 Å². The topological polar surface area (TPSA) is 162 Å². The van der Waals surface area contributed by atoms with Crippen LogP contribution in [0, 0.1) is 15.5 Å². The number of methoxy groups -OCH3 is 1. The minimum absolute atomic E-state index is 0.0493. The minimum atomic E-state index is -4.13. The lowest BCUT2D eigenvalue weighted by atomic mass is 9.97.